The lowest BCUT2D eigenvalue weighted by Gasteiger charge is -2.28. The second-order valence-corrected chi connectivity index (χ2v) is 4.86. The maximum Gasteiger partial charge on any atom is 0.220 e. The minimum Gasteiger partial charge on any atom is -0.393 e. The molecule has 0 rings (SSSR count). The number of primary amides is 2. The van der Waals surface area contributed by atoms with Crippen LogP contribution in [0.4, 0.5) is 0 Å². The molecule has 0 radical (unpaired) electrons. The molecule has 0 heterocycles. The number of nitrogens with two attached hydrogens (primary N) is 2. The van der Waals surface area contributed by atoms with Crippen LogP contribution in [-0.4, -0.2) is 34.2 Å². The topological polar surface area (TPSA) is 127 Å². The molecule has 0 aromatic carbocycles. The maximum atomic E-state index is 11.4. The van der Waals surface area contributed by atoms with Crippen molar-refractivity contribution in [3.05, 3.63) is 0 Å². The molecule has 0 saturated carbocycles. The molecule has 106 valence electrons. The van der Waals surface area contributed by atoms with Crippen molar-refractivity contribution in [3.63, 3.8) is 0 Å². The number of hydrogen-bond acceptors (Lipinski definition) is 4. The van der Waals surface area contributed by atoms with Gasteiger partial charge < -0.3 is 21.7 Å². The Bertz CT molecular complexity index is 279. The Balaban J connectivity index is 4.60. The Hall–Kier alpha value is -1.14. The predicted octanol–water partition coefficient (Wildman–Crippen LogP) is -0.489. The van der Waals surface area contributed by atoms with Gasteiger partial charge in [0.1, 0.15) is 0 Å². The fraction of sp³-hybridized carbons (Fsp3) is 0.833. The third-order valence-corrected chi connectivity index (χ3v) is 3.05. The molecule has 0 aliphatic rings. The molecule has 0 aromatic rings. The van der Waals surface area contributed by atoms with Crippen LogP contribution >= 0.6 is 0 Å². The van der Waals surface area contributed by atoms with Gasteiger partial charge in [0.05, 0.1) is 12.2 Å². The number of aliphatic hydroxyl groups is 2. The van der Waals surface area contributed by atoms with Crippen molar-refractivity contribution in [1.82, 2.24) is 0 Å². The molecular weight excluding hydrogens is 236 g/mol. The van der Waals surface area contributed by atoms with Crippen LogP contribution in [0.25, 0.3) is 0 Å². The van der Waals surface area contributed by atoms with E-state index in [1.54, 1.807) is 13.8 Å². The standard InChI is InChI=1S/C12H24N2O4/c1-7(15)6-10(8(2)16)9(12(14)18)4-3-5-11(13)17/h7-10,15-16H,3-6H2,1-2H3,(H2,13,17)(H2,14,18). The molecule has 6 N–H and O–H groups in total. The van der Waals surface area contributed by atoms with Gasteiger partial charge in [-0.3, -0.25) is 9.59 Å². The summed E-state index contributed by atoms with van der Waals surface area (Å²) in [4.78, 5) is 22.1. The molecule has 2 amide bonds. The van der Waals surface area contributed by atoms with Gasteiger partial charge in [0.2, 0.25) is 11.8 Å². The highest BCUT2D eigenvalue weighted by molar-refractivity contribution is 5.77. The molecule has 4 unspecified atom stereocenters. The number of aliphatic hydroxyl groups excluding tert-OH is 2. The summed E-state index contributed by atoms with van der Waals surface area (Å²) in [6.45, 7) is 3.16. The highest BCUT2D eigenvalue weighted by Crippen LogP contribution is 2.26. The molecule has 6 heteroatoms. The van der Waals surface area contributed by atoms with Gasteiger partial charge in [-0.25, -0.2) is 0 Å². The molecule has 4 atom stereocenters. The minimum atomic E-state index is -0.745. The number of carbonyl (C=O) groups excluding carboxylic acids is 2. The first-order chi connectivity index (χ1) is 8.25. The highest BCUT2D eigenvalue weighted by Gasteiger charge is 2.30. The molecule has 6 nitrogen and oxygen atoms in total. The Morgan fingerprint density at radius 2 is 1.72 bits per heavy atom. The van der Waals surface area contributed by atoms with Crippen LogP contribution in [-0.2, 0) is 9.59 Å². The minimum absolute atomic E-state index is 0.186. The van der Waals surface area contributed by atoms with Crippen molar-refractivity contribution in [3.8, 4) is 0 Å². The molecule has 0 saturated heterocycles. The summed E-state index contributed by atoms with van der Waals surface area (Å²) in [7, 11) is 0. The molecular formula is C12H24N2O4. The van der Waals surface area contributed by atoms with Crippen LogP contribution in [0.1, 0.15) is 39.5 Å². The van der Waals surface area contributed by atoms with Crippen molar-refractivity contribution < 1.29 is 19.8 Å². The van der Waals surface area contributed by atoms with Crippen molar-refractivity contribution in [2.45, 2.75) is 51.7 Å². The van der Waals surface area contributed by atoms with Crippen LogP contribution in [0.15, 0.2) is 0 Å². The van der Waals surface area contributed by atoms with E-state index in [1.165, 1.54) is 0 Å². The number of hydrogen-bond donors (Lipinski definition) is 4. The summed E-state index contributed by atoms with van der Waals surface area (Å²) in [6.07, 6.45) is -0.0485. The predicted molar refractivity (Wildman–Crippen MR) is 67.2 cm³/mol. The van der Waals surface area contributed by atoms with E-state index in [1.807, 2.05) is 0 Å². The van der Waals surface area contributed by atoms with E-state index < -0.39 is 35.9 Å². The quantitative estimate of drug-likeness (QED) is 0.446. The van der Waals surface area contributed by atoms with Gasteiger partial charge >= 0.3 is 0 Å². The van der Waals surface area contributed by atoms with Crippen LogP contribution in [0.3, 0.4) is 0 Å². The Morgan fingerprint density at radius 3 is 2.06 bits per heavy atom. The fourth-order valence-electron chi connectivity index (χ4n) is 2.15. The molecule has 0 aromatic heterocycles. The second kappa shape index (κ2) is 8.05. The first-order valence-corrected chi connectivity index (χ1v) is 6.19. The molecule has 0 aliphatic heterocycles. The van der Waals surface area contributed by atoms with E-state index in [9.17, 15) is 19.8 Å². The average molecular weight is 260 g/mol. The summed E-state index contributed by atoms with van der Waals surface area (Å²) in [5, 5.41) is 19.1. The molecule has 18 heavy (non-hydrogen) atoms. The van der Waals surface area contributed by atoms with E-state index in [0.29, 0.717) is 19.3 Å². The fourth-order valence-corrected chi connectivity index (χ4v) is 2.15. The van der Waals surface area contributed by atoms with Gasteiger partial charge in [0.25, 0.3) is 0 Å². The van der Waals surface area contributed by atoms with E-state index in [2.05, 4.69) is 0 Å². The smallest absolute Gasteiger partial charge is 0.220 e. The monoisotopic (exact) mass is 260 g/mol. The van der Waals surface area contributed by atoms with Crippen LogP contribution in [0, 0.1) is 11.8 Å². The van der Waals surface area contributed by atoms with Crippen molar-refractivity contribution >= 4 is 11.8 Å². The SMILES string of the molecule is CC(O)CC(C(C)O)C(CCCC(N)=O)C(N)=O. The van der Waals surface area contributed by atoms with Gasteiger partial charge in [-0.1, -0.05) is 0 Å². The zero-order chi connectivity index (χ0) is 14.3. The van der Waals surface area contributed by atoms with Gasteiger partial charge in [0.15, 0.2) is 0 Å². The summed E-state index contributed by atoms with van der Waals surface area (Å²) in [6, 6.07) is 0. The zero-order valence-corrected chi connectivity index (χ0v) is 11.0. The normalized spacial score (nSPS) is 17.8. The summed E-state index contributed by atoms with van der Waals surface area (Å²) < 4.78 is 0. The van der Waals surface area contributed by atoms with Gasteiger partial charge in [-0.2, -0.15) is 0 Å². The molecule has 0 bridgehead atoms. The zero-order valence-electron chi connectivity index (χ0n) is 11.0. The van der Waals surface area contributed by atoms with E-state index in [-0.39, 0.29) is 6.42 Å². The average Bonchev–Trinajstić information content (AvgIpc) is 2.20. The van der Waals surface area contributed by atoms with Crippen LogP contribution < -0.4 is 11.5 Å². The first-order valence-electron chi connectivity index (χ1n) is 6.19. The lowest BCUT2D eigenvalue weighted by molar-refractivity contribution is -0.126. The second-order valence-electron chi connectivity index (χ2n) is 4.86. The van der Waals surface area contributed by atoms with Crippen LogP contribution in [0.5, 0.6) is 0 Å². The van der Waals surface area contributed by atoms with Gasteiger partial charge in [-0.15, -0.1) is 0 Å². The maximum absolute atomic E-state index is 11.4. The summed E-state index contributed by atoms with van der Waals surface area (Å²) in [5.74, 6) is -1.91. The Labute approximate surface area is 107 Å². The van der Waals surface area contributed by atoms with Gasteiger partial charge in [-0.05, 0) is 39.0 Å². The largest absolute Gasteiger partial charge is 0.393 e. The van der Waals surface area contributed by atoms with E-state index >= 15 is 0 Å². The Morgan fingerprint density at radius 1 is 1.17 bits per heavy atom. The van der Waals surface area contributed by atoms with Crippen molar-refractivity contribution in [2.24, 2.45) is 23.3 Å². The number of rotatable bonds is 9. The molecule has 0 aliphatic carbocycles. The van der Waals surface area contributed by atoms with Crippen molar-refractivity contribution in [1.29, 1.82) is 0 Å². The molecule has 0 fully saturated rings. The third kappa shape index (κ3) is 6.56. The van der Waals surface area contributed by atoms with E-state index in [4.69, 9.17) is 11.5 Å². The third-order valence-electron chi connectivity index (χ3n) is 3.05. The number of amides is 2. The van der Waals surface area contributed by atoms with E-state index in [0.717, 1.165) is 0 Å². The van der Waals surface area contributed by atoms with Crippen LogP contribution in [0.2, 0.25) is 0 Å². The Kier molecular flexibility index (Phi) is 7.54. The molecule has 0 spiro atoms. The van der Waals surface area contributed by atoms with Crippen molar-refractivity contribution in [2.75, 3.05) is 0 Å². The first kappa shape index (κ1) is 16.9. The number of carbonyl (C=O) groups is 2. The summed E-state index contributed by atoms with van der Waals surface area (Å²) in [5.41, 5.74) is 10.3. The lowest BCUT2D eigenvalue weighted by Crippen LogP contribution is -2.37. The lowest BCUT2D eigenvalue weighted by atomic mass is 9.80. The van der Waals surface area contributed by atoms with Gasteiger partial charge in [0, 0.05) is 12.3 Å². The highest BCUT2D eigenvalue weighted by atomic mass is 16.3. The summed E-state index contributed by atoms with van der Waals surface area (Å²) >= 11 is 0.